The molecule has 0 bridgehead atoms. The Balaban J connectivity index is 2.21. The Hall–Kier alpha value is -2.50. The zero-order valence-electron chi connectivity index (χ0n) is 11.8. The molecule has 104 valence electrons. The SMILES string of the molecule is CCC=C(C)C(=O)Nc1cccc(-n2nnnc2C)c1. The summed E-state index contributed by atoms with van der Waals surface area (Å²) in [4.78, 5) is 11.9. The quantitative estimate of drug-likeness (QED) is 0.866. The first-order valence-corrected chi connectivity index (χ1v) is 6.45. The smallest absolute Gasteiger partial charge is 0.250 e. The lowest BCUT2D eigenvalue weighted by Crippen LogP contribution is -2.13. The van der Waals surface area contributed by atoms with Crippen molar-refractivity contribution in [2.24, 2.45) is 0 Å². The van der Waals surface area contributed by atoms with Crippen molar-refractivity contribution >= 4 is 11.6 Å². The van der Waals surface area contributed by atoms with Gasteiger partial charge in [-0.15, -0.1) is 5.10 Å². The van der Waals surface area contributed by atoms with E-state index in [9.17, 15) is 4.79 Å². The molecule has 1 amide bonds. The number of hydrogen-bond donors (Lipinski definition) is 1. The van der Waals surface area contributed by atoms with E-state index < -0.39 is 0 Å². The summed E-state index contributed by atoms with van der Waals surface area (Å²) in [5.41, 5.74) is 2.23. The van der Waals surface area contributed by atoms with E-state index in [1.54, 1.807) is 11.6 Å². The first-order valence-electron chi connectivity index (χ1n) is 6.45. The summed E-state index contributed by atoms with van der Waals surface area (Å²) in [6.07, 6.45) is 2.73. The highest BCUT2D eigenvalue weighted by molar-refractivity contribution is 6.03. The van der Waals surface area contributed by atoms with E-state index in [1.807, 2.05) is 44.2 Å². The Morgan fingerprint density at radius 2 is 2.25 bits per heavy atom. The molecule has 2 rings (SSSR count). The molecule has 6 nitrogen and oxygen atoms in total. The van der Waals surface area contributed by atoms with E-state index in [0.717, 1.165) is 12.1 Å². The molecule has 0 unspecified atom stereocenters. The van der Waals surface area contributed by atoms with E-state index in [0.29, 0.717) is 17.1 Å². The summed E-state index contributed by atoms with van der Waals surface area (Å²) in [5.74, 6) is 0.591. The van der Waals surface area contributed by atoms with E-state index in [-0.39, 0.29) is 5.91 Å². The number of anilines is 1. The van der Waals surface area contributed by atoms with Crippen LogP contribution in [0.25, 0.3) is 5.69 Å². The van der Waals surface area contributed by atoms with Gasteiger partial charge in [-0.3, -0.25) is 4.79 Å². The van der Waals surface area contributed by atoms with Gasteiger partial charge in [0.2, 0.25) is 0 Å². The van der Waals surface area contributed by atoms with Crippen LogP contribution < -0.4 is 5.32 Å². The van der Waals surface area contributed by atoms with Crippen LogP contribution in [0.2, 0.25) is 0 Å². The fourth-order valence-corrected chi connectivity index (χ4v) is 1.81. The third-order valence-corrected chi connectivity index (χ3v) is 2.84. The minimum Gasteiger partial charge on any atom is -0.322 e. The molecule has 6 heteroatoms. The number of carbonyl (C=O) groups excluding carboxylic acids is 1. The number of benzene rings is 1. The topological polar surface area (TPSA) is 72.7 Å². The summed E-state index contributed by atoms with van der Waals surface area (Å²) >= 11 is 0. The number of rotatable bonds is 4. The number of nitrogens with zero attached hydrogens (tertiary/aromatic N) is 4. The molecular weight excluding hydrogens is 254 g/mol. The van der Waals surface area contributed by atoms with Gasteiger partial charge in [-0.2, -0.15) is 4.68 Å². The van der Waals surface area contributed by atoms with Crippen LogP contribution in [-0.2, 0) is 4.79 Å². The van der Waals surface area contributed by atoms with E-state index in [4.69, 9.17) is 0 Å². The summed E-state index contributed by atoms with van der Waals surface area (Å²) in [6.45, 7) is 5.62. The second-order valence-electron chi connectivity index (χ2n) is 4.44. The summed E-state index contributed by atoms with van der Waals surface area (Å²) in [5, 5.41) is 14.2. The van der Waals surface area contributed by atoms with Crippen molar-refractivity contribution in [2.45, 2.75) is 27.2 Å². The van der Waals surface area contributed by atoms with Crippen LogP contribution in [0, 0.1) is 6.92 Å². The molecule has 0 fully saturated rings. The third-order valence-electron chi connectivity index (χ3n) is 2.84. The van der Waals surface area contributed by atoms with Gasteiger partial charge in [-0.1, -0.05) is 19.1 Å². The molecule has 0 aliphatic heterocycles. The molecule has 0 saturated carbocycles. The van der Waals surface area contributed by atoms with Gasteiger partial charge in [0, 0.05) is 11.3 Å². The minimum atomic E-state index is -0.0996. The van der Waals surface area contributed by atoms with Crippen molar-refractivity contribution in [3.63, 3.8) is 0 Å². The second-order valence-corrected chi connectivity index (χ2v) is 4.44. The van der Waals surface area contributed by atoms with Crippen LogP contribution in [0.1, 0.15) is 26.1 Å². The van der Waals surface area contributed by atoms with Crippen molar-refractivity contribution in [2.75, 3.05) is 5.32 Å². The molecule has 0 radical (unpaired) electrons. The number of carbonyl (C=O) groups is 1. The van der Waals surface area contributed by atoms with Gasteiger partial charge >= 0.3 is 0 Å². The molecule has 2 aromatic rings. The van der Waals surface area contributed by atoms with Gasteiger partial charge < -0.3 is 5.32 Å². The van der Waals surface area contributed by atoms with E-state index in [2.05, 4.69) is 20.8 Å². The molecule has 0 aliphatic carbocycles. The fraction of sp³-hybridized carbons (Fsp3) is 0.286. The van der Waals surface area contributed by atoms with Crippen LogP contribution >= 0.6 is 0 Å². The Bertz CT molecular complexity index is 645. The fourth-order valence-electron chi connectivity index (χ4n) is 1.81. The van der Waals surface area contributed by atoms with Gasteiger partial charge in [0.25, 0.3) is 5.91 Å². The predicted molar refractivity (Wildman–Crippen MR) is 76.6 cm³/mol. The van der Waals surface area contributed by atoms with Crippen molar-refractivity contribution in [1.82, 2.24) is 20.2 Å². The second kappa shape index (κ2) is 6.10. The number of tetrazole rings is 1. The van der Waals surface area contributed by atoms with Crippen LogP contribution in [0.4, 0.5) is 5.69 Å². The highest BCUT2D eigenvalue weighted by Gasteiger charge is 2.07. The van der Waals surface area contributed by atoms with Gasteiger partial charge in [0.15, 0.2) is 5.82 Å². The first kappa shape index (κ1) is 13.9. The molecule has 1 aromatic heterocycles. The van der Waals surface area contributed by atoms with Crippen LogP contribution in [0.5, 0.6) is 0 Å². The average molecular weight is 271 g/mol. The van der Waals surface area contributed by atoms with Crippen LogP contribution in [0.3, 0.4) is 0 Å². The molecule has 0 aliphatic rings. The summed E-state index contributed by atoms with van der Waals surface area (Å²) in [6, 6.07) is 7.40. The Labute approximate surface area is 117 Å². The zero-order valence-corrected chi connectivity index (χ0v) is 11.8. The van der Waals surface area contributed by atoms with Gasteiger partial charge in [0.05, 0.1) is 5.69 Å². The third kappa shape index (κ3) is 3.09. The molecule has 1 N–H and O–H groups in total. The van der Waals surface area contributed by atoms with Gasteiger partial charge in [0.1, 0.15) is 0 Å². The van der Waals surface area contributed by atoms with Crippen molar-refractivity contribution in [3.8, 4) is 5.69 Å². The maximum absolute atomic E-state index is 11.9. The van der Waals surface area contributed by atoms with Crippen molar-refractivity contribution in [3.05, 3.63) is 41.7 Å². The molecule has 1 heterocycles. The van der Waals surface area contributed by atoms with Crippen molar-refractivity contribution in [1.29, 1.82) is 0 Å². The maximum Gasteiger partial charge on any atom is 0.250 e. The molecule has 0 saturated heterocycles. The number of aryl methyl sites for hydroxylation is 1. The molecule has 1 aromatic carbocycles. The monoisotopic (exact) mass is 271 g/mol. The lowest BCUT2D eigenvalue weighted by molar-refractivity contribution is -0.112. The Morgan fingerprint density at radius 1 is 1.45 bits per heavy atom. The minimum absolute atomic E-state index is 0.0996. The number of hydrogen-bond acceptors (Lipinski definition) is 4. The first-order chi connectivity index (χ1) is 9.61. The Kier molecular flexibility index (Phi) is 4.24. The largest absolute Gasteiger partial charge is 0.322 e. The molecular formula is C14H17N5O. The number of aromatic nitrogens is 4. The lowest BCUT2D eigenvalue weighted by Gasteiger charge is -2.08. The van der Waals surface area contributed by atoms with Crippen molar-refractivity contribution < 1.29 is 4.79 Å². The lowest BCUT2D eigenvalue weighted by atomic mass is 10.2. The predicted octanol–water partition coefficient (Wildman–Crippen LogP) is 2.27. The van der Waals surface area contributed by atoms with Crippen LogP contribution in [-0.4, -0.2) is 26.1 Å². The highest BCUT2D eigenvalue weighted by Crippen LogP contribution is 2.15. The van der Waals surface area contributed by atoms with Crippen LogP contribution in [0.15, 0.2) is 35.9 Å². The zero-order chi connectivity index (χ0) is 14.5. The average Bonchev–Trinajstić information content (AvgIpc) is 2.85. The summed E-state index contributed by atoms with van der Waals surface area (Å²) in [7, 11) is 0. The molecule has 20 heavy (non-hydrogen) atoms. The molecule has 0 atom stereocenters. The number of nitrogens with one attached hydrogen (secondary N) is 1. The van der Waals surface area contributed by atoms with Gasteiger partial charge in [-0.05, 0) is 48.9 Å². The Morgan fingerprint density at radius 3 is 2.90 bits per heavy atom. The van der Waals surface area contributed by atoms with Gasteiger partial charge in [-0.25, -0.2) is 0 Å². The number of allylic oxidation sites excluding steroid dienone is 1. The standard InChI is InChI=1S/C14H17N5O/c1-4-6-10(2)14(20)15-12-7-5-8-13(9-12)19-11(3)16-17-18-19/h5-9H,4H2,1-3H3,(H,15,20). The maximum atomic E-state index is 11.9. The molecule has 0 spiro atoms. The van der Waals surface area contributed by atoms with E-state index in [1.165, 1.54) is 0 Å². The highest BCUT2D eigenvalue weighted by atomic mass is 16.1. The van der Waals surface area contributed by atoms with E-state index >= 15 is 0 Å². The number of amides is 1. The normalized spacial score (nSPS) is 11.4. The summed E-state index contributed by atoms with van der Waals surface area (Å²) < 4.78 is 1.62.